The summed E-state index contributed by atoms with van der Waals surface area (Å²) in [6.45, 7) is -0.714. The lowest BCUT2D eigenvalue weighted by atomic mass is 10.1. The fourth-order valence-electron chi connectivity index (χ4n) is 1.52. The van der Waals surface area contributed by atoms with Crippen LogP contribution < -0.4 is 32.7 Å². The lowest BCUT2D eigenvalue weighted by Gasteiger charge is -2.15. The van der Waals surface area contributed by atoms with Gasteiger partial charge in [0.2, 0.25) is 17.7 Å². The van der Waals surface area contributed by atoms with E-state index in [2.05, 4.69) is 21.3 Å². The normalized spacial score (nSPS) is 11.0. The first-order chi connectivity index (χ1) is 11.3. The number of carboxylic acid groups (broad SMARTS) is 1. The highest BCUT2D eigenvalue weighted by atomic mass is 16.4. The smallest absolute Gasteiger partial charge is 0.326 e. The number of carboxylic acids is 1. The van der Waals surface area contributed by atoms with E-state index in [9.17, 15) is 19.2 Å². The van der Waals surface area contributed by atoms with E-state index >= 15 is 0 Å². The molecule has 136 valence electrons. The van der Waals surface area contributed by atoms with Crippen LogP contribution in [0.25, 0.3) is 0 Å². The van der Waals surface area contributed by atoms with E-state index in [0.29, 0.717) is 13.0 Å². The van der Waals surface area contributed by atoms with E-state index in [1.54, 1.807) is 0 Å². The molecule has 0 aromatic rings. The van der Waals surface area contributed by atoms with Crippen molar-refractivity contribution in [2.45, 2.75) is 18.9 Å². The number of nitrogens with two attached hydrogens (primary N) is 2. The van der Waals surface area contributed by atoms with Crippen molar-refractivity contribution in [1.29, 1.82) is 5.41 Å². The van der Waals surface area contributed by atoms with Gasteiger partial charge >= 0.3 is 5.97 Å². The second-order valence-electron chi connectivity index (χ2n) is 4.70. The van der Waals surface area contributed by atoms with E-state index in [-0.39, 0.29) is 25.5 Å². The van der Waals surface area contributed by atoms with Crippen LogP contribution in [0.4, 0.5) is 0 Å². The largest absolute Gasteiger partial charge is 0.480 e. The maximum atomic E-state index is 11.6. The molecule has 10 N–H and O–H groups in total. The van der Waals surface area contributed by atoms with Crippen LogP contribution in [0, 0.1) is 5.41 Å². The van der Waals surface area contributed by atoms with Gasteiger partial charge in [0, 0.05) is 6.54 Å². The van der Waals surface area contributed by atoms with Gasteiger partial charge in [0.15, 0.2) is 5.96 Å². The first-order valence-corrected chi connectivity index (χ1v) is 7.09. The Morgan fingerprint density at radius 2 is 1.58 bits per heavy atom. The molecule has 0 aromatic heterocycles. The number of guanidine groups is 1. The molecule has 12 heteroatoms. The fourth-order valence-corrected chi connectivity index (χ4v) is 1.52. The van der Waals surface area contributed by atoms with E-state index in [1.165, 1.54) is 0 Å². The number of rotatable bonds is 11. The van der Waals surface area contributed by atoms with E-state index in [1.807, 2.05) is 0 Å². The minimum atomic E-state index is -1.22. The Kier molecular flexibility index (Phi) is 10.2. The van der Waals surface area contributed by atoms with Gasteiger partial charge in [-0.25, -0.2) is 4.79 Å². The summed E-state index contributed by atoms with van der Waals surface area (Å²) in [5.74, 6) is -3.24. The van der Waals surface area contributed by atoms with Crippen LogP contribution in [0.1, 0.15) is 12.8 Å². The number of carbonyl (C=O) groups is 4. The van der Waals surface area contributed by atoms with Crippen LogP contribution in [-0.4, -0.2) is 67.0 Å². The highest BCUT2D eigenvalue weighted by molar-refractivity contribution is 5.90. The zero-order chi connectivity index (χ0) is 18.5. The predicted octanol–water partition coefficient (Wildman–Crippen LogP) is -3.99. The molecular formula is C12H23N7O5. The predicted molar refractivity (Wildman–Crippen MR) is 83.8 cm³/mol. The summed E-state index contributed by atoms with van der Waals surface area (Å²) in [6.07, 6.45) is 0.496. The molecule has 0 rings (SSSR count). The molecule has 0 aliphatic rings. The Balaban J connectivity index is 4.10. The quantitative estimate of drug-likeness (QED) is 0.105. The molecule has 0 heterocycles. The summed E-state index contributed by atoms with van der Waals surface area (Å²) >= 11 is 0. The molecule has 1 atom stereocenters. The highest BCUT2D eigenvalue weighted by Gasteiger charge is 2.19. The summed E-state index contributed by atoms with van der Waals surface area (Å²) in [5, 5.41) is 25.2. The topological polar surface area (TPSA) is 213 Å². The van der Waals surface area contributed by atoms with Gasteiger partial charge in [-0.15, -0.1) is 0 Å². The first-order valence-electron chi connectivity index (χ1n) is 7.09. The van der Waals surface area contributed by atoms with Gasteiger partial charge in [0.05, 0.1) is 19.6 Å². The first kappa shape index (κ1) is 21.1. The zero-order valence-corrected chi connectivity index (χ0v) is 13.1. The Morgan fingerprint density at radius 1 is 1.00 bits per heavy atom. The minimum Gasteiger partial charge on any atom is -0.480 e. The second-order valence-corrected chi connectivity index (χ2v) is 4.70. The van der Waals surface area contributed by atoms with E-state index < -0.39 is 36.3 Å². The summed E-state index contributed by atoms with van der Waals surface area (Å²) in [5.41, 5.74) is 10.1. The fraction of sp³-hybridized carbons (Fsp3) is 0.583. The molecule has 0 aliphatic carbocycles. The van der Waals surface area contributed by atoms with E-state index in [4.69, 9.17) is 22.0 Å². The zero-order valence-electron chi connectivity index (χ0n) is 13.1. The second kappa shape index (κ2) is 11.6. The standard InChI is InChI=1S/C12H23N7O5/c13-4-8(20)17-5-9(21)18-6-10(22)19-7(11(23)24)2-1-3-16-12(14)15/h7H,1-6,13H2,(H,17,20)(H,18,21)(H,19,22)(H,23,24)(H4,14,15,16)/t7-/m0/s1. The van der Waals surface area contributed by atoms with Crippen molar-refractivity contribution in [3.05, 3.63) is 0 Å². The van der Waals surface area contributed by atoms with Crippen molar-refractivity contribution in [2.75, 3.05) is 26.2 Å². The van der Waals surface area contributed by atoms with Crippen LogP contribution in [0.15, 0.2) is 0 Å². The molecule has 3 amide bonds. The average Bonchev–Trinajstić information content (AvgIpc) is 2.52. The van der Waals surface area contributed by atoms with Gasteiger partial charge in [-0.05, 0) is 12.8 Å². The maximum Gasteiger partial charge on any atom is 0.326 e. The lowest BCUT2D eigenvalue weighted by molar-refractivity contribution is -0.142. The summed E-state index contributed by atoms with van der Waals surface area (Å²) < 4.78 is 0. The lowest BCUT2D eigenvalue weighted by Crippen LogP contribution is -2.47. The number of hydrogen-bond acceptors (Lipinski definition) is 6. The molecule has 0 aromatic carbocycles. The van der Waals surface area contributed by atoms with Crippen LogP contribution >= 0.6 is 0 Å². The van der Waals surface area contributed by atoms with Crippen molar-refractivity contribution in [3.63, 3.8) is 0 Å². The number of hydrogen-bond donors (Lipinski definition) is 8. The van der Waals surface area contributed by atoms with Crippen molar-refractivity contribution in [3.8, 4) is 0 Å². The molecule has 0 saturated heterocycles. The van der Waals surface area contributed by atoms with Gasteiger partial charge in [-0.3, -0.25) is 19.8 Å². The van der Waals surface area contributed by atoms with Gasteiger partial charge in [0.25, 0.3) is 0 Å². The van der Waals surface area contributed by atoms with Crippen LogP contribution in [0.2, 0.25) is 0 Å². The summed E-state index contributed by atoms with van der Waals surface area (Å²) in [6, 6.07) is -1.12. The summed E-state index contributed by atoms with van der Waals surface area (Å²) in [4.78, 5) is 44.9. The number of carbonyl (C=O) groups excluding carboxylic acids is 3. The average molecular weight is 345 g/mol. The van der Waals surface area contributed by atoms with Gasteiger partial charge in [-0.1, -0.05) is 0 Å². The SMILES string of the molecule is N=C(N)NCCC[C@H](NC(=O)CNC(=O)CNC(=O)CN)C(=O)O. The molecular weight excluding hydrogens is 322 g/mol. The van der Waals surface area contributed by atoms with Crippen molar-refractivity contribution in [2.24, 2.45) is 11.5 Å². The molecule has 24 heavy (non-hydrogen) atoms. The molecule has 0 aliphatic heterocycles. The van der Waals surface area contributed by atoms with Crippen molar-refractivity contribution < 1.29 is 24.3 Å². The molecule has 12 nitrogen and oxygen atoms in total. The maximum absolute atomic E-state index is 11.6. The molecule has 0 bridgehead atoms. The minimum absolute atomic E-state index is 0.127. The Labute approximate surface area is 138 Å². The van der Waals surface area contributed by atoms with Crippen molar-refractivity contribution in [1.82, 2.24) is 21.3 Å². The van der Waals surface area contributed by atoms with Gasteiger partial charge in [0.1, 0.15) is 6.04 Å². The van der Waals surface area contributed by atoms with Crippen LogP contribution in [0.5, 0.6) is 0 Å². The van der Waals surface area contributed by atoms with Gasteiger partial charge in [-0.2, -0.15) is 0 Å². The number of aliphatic carboxylic acids is 1. The molecule has 0 saturated carbocycles. The number of amides is 3. The third-order valence-electron chi connectivity index (χ3n) is 2.70. The third-order valence-corrected chi connectivity index (χ3v) is 2.70. The Hall–Kier alpha value is -2.89. The summed E-state index contributed by atoms with van der Waals surface area (Å²) in [7, 11) is 0. The molecule has 0 radical (unpaired) electrons. The highest BCUT2D eigenvalue weighted by Crippen LogP contribution is 1.97. The van der Waals surface area contributed by atoms with Crippen LogP contribution in [0.3, 0.4) is 0 Å². The Morgan fingerprint density at radius 3 is 2.12 bits per heavy atom. The monoisotopic (exact) mass is 345 g/mol. The third kappa shape index (κ3) is 10.8. The Bertz CT molecular complexity index is 482. The van der Waals surface area contributed by atoms with E-state index in [0.717, 1.165) is 0 Å². The molecule has 0 spiro atoms. The molecule has 0 fully saturated rings. The number of nitrogens with one attached hydrogen (secondary N) is 5. The van der Waals surface area contributed by atoms with Gasteiger partial charge < -0.3 is 37.8 Å². The van der Waals surface area contributed by atoms with Crippen LogP contribution in [-0.2, 0) is 19.2 Å². The molecule has 0 unspecified atom stereocenters. The van der Waals surface area contributed by atoms with Crippen molar-refractivity contribution >= 4 is 29.7 Å².